The summed E-state index contributed by atoms with van der Waals surface area (Å²) < 4.78 is 0. The first-order chi connectivity index (χ1) is 8.10. The van der Waals surface area contributed by atoms with Crippen LogP contribution in [0.15, 0.2) is 0 Å². The minimum absolute atomic E-state index is 0.0772. The Bertz CT molecular complexity index is 245. The summed E-state index contributed by atoms with van der Waals surface area (Å²) in [4.78, 5) is 13.7. The second-order valence-corrected chi connectivity index (χ2v) is 5.07. The van der Waals surface area contributed by atoms with Gasteiger partial charge in [0.2, 0.25) is 5.91 Å². The number of likely N-dealkylation sites (tertiary alicyclic amines) is 1. The Morgan fingerprint density at radius 1 is 1.53 bits per heavy atom. The highest BCUT2D eigenvalue weighted by Crippen LogP contribution is 2.22. The Hall–Kier alpha value is -0.610. The second-order valence-electron chi connectivity index (χ2n) is 5.07. The number of carbonyl (C=O) groups excluding carboxylic acids is 1. The molecule has 0 aromatic carbocycles. The SMILES string of the molecule is CCNC(C)C1CCCN(C(CC)C(N)=O)C1. The van der Waals surface area contributed by atoms with E-state index in [0.717, 1.165) is 26.1 Å². The number of carbonyl (C=O) groups is 1. The van der Waals surface area contributed by atoms with Gasteiger partial charge in [0.15, 0.2) is 0 Å². The summed E-state index contributed by atoms with van der Waals surface area (Å²) in [7, 11) is 0. The Labute approximate surface area is 105 Å². The lowest BCUT2D eigenvalue weighted by Gasteiger charge is -2.39. The van der Waals surface area contributed by atoms with Crippen LogP contribution in [-0.4, -0.2) is 42.5 Å². The molecular weight excluding hydrogens is 214 g/mol. The second kappa shape index (κ2) is 6.97. The van der Waals surface area contributed by atoms with Crippen molar-refractivity contribution < 1.29 is 4.79 Å². The van der Waals surface area contributed by atoms with Gasteiger partial charge in [-0.3, -0.25) is 9.69 Å². The lowest BCUT2D eigenvalue weighted by molar-refractivity contribution is -0.124. The van der Waals surface area contributed by atoms with Crippen molar-refractivity contribution in [2.24, 2.45) is 11.7 Å². The molecule has 0 bridgehead atoms. The highest BCUT2D eigenvalue weighted by Gasteiger charge is 2.29. The maximum Gasteiger partial charge on any atom is 0.234 e. The number of nitrogens with two attached hydrogens (primary N) is 1. The standard InChI is InChI=1S/C13H27N3O/c1-4-12(13(14)17)16-8-6-7-11(9-16)10(3)15-5-2/h10-12,15H,4-9H2,1-3H3,(H2,14,17). The van der Waals surface area contributed by atoms with Gasteiger partial charge in [0, 0.05) is 12.6 Å². The van der Waals surface area contributed by atoms with Crippen LogP contribution < -0.4 is 11.1 Å². The molecule has 0 aromatic rings. The van der Waals surface area contributed by atoms with E-state index in [1.54, 1.807) is 0 Å². The van der Waals surface area contributed by atoms with Crippen molar-refractivity contribution >= 4 is 5.91 Å². The minimum atomic E-state index is -0.177. The molecule has 0 saturated carbocycles. The maximum atomic E-state index is 11.4. The van der Waals surface area contributed by atoms with Crippen molar-refractivity contribution in [3.05, 3.63) is 0 Å². The number of amides is 1. The molecule has 1 aliphatic rings. The maximum absolute atomic E-state index is 11.4. The van der Waals surface area contributed by atoms with E-state index in [0.29, 0.717) is 12.0 Å². The number of primary amides is 1. The number of rotatable bonds is 6. The lowest BCUT2D eigenvalue weighted by Crippen LogP contribution is -2.51. The van der Waals surface area contributed by atoms with Crippen LogP contribution in [0.4, 0.5) is 0 Å². The molecule has 0 aliphatic carbocycles. The molecule has 3 unspecified atom stereocenters. The first kappa shape index (κ1) is 14.5. The van der Waals surface area contributed by atoms with Gasteiger partial charge in [-0.1, -0.05) is 13.8 Å². The Morgan fingerprint density at radius 2 is 2.24 bits per heavy atom. The summed E-state index contributed by atoms with van der Waals surface area (Å²) in [6.07, 6.45) is 3.24. The number of hydrogen-bond acceptors (Lipinski definition) is 3. The van der Waals surface area contributed by atoms with Gasteiger partial charge >= 0.3 is 0 Å². The Morgan fingerprint density at radius 3 is 2.76 bits per heavy atom. The highest BCUT2D eigenvalue weighted by atomic mass is 16.1. The van der Waals surface area contributed by atoms with Gasteiger partial charge in [0.05, 0.1) is 6.04 Å². The number of nitrogens with one attached hydrogen (secondary N) is 1. The fourth-order valence-electron chi connectivity index (χ4n) is 2.86. The Kier molecular flexibility index (Phi) is 5.92. The summed E-state index contributed by atoms with van der Waals surface area (Å²) in [6, 6.07) is 0.444. The van der Waals surface area contributed by atoms with Crippen LogP contribution >= 0.6 is 0 Å². The first-order valence-electron chi connectivity index (χ1n) is 6.86. The van der Waals surface area contributed by atoms with Crippen LogP contribution in [0, 0.1) is 5.92 Å². The molecule has 3 atom stereocenters. The third-order valence-corrected chi connectivity index (χ3v) is 3.88. The predicted octanol–water partition coefficient (Wildman–Crippen LogP) is 0.960. The summed E-state index contributed by atoms with van der Waals surface area (Å²) in [5.41, 5.74) is 5.46. The normalized spacial score (nSPS) is 25.5. The average Bonchev–Trinajstić information content (AvgIpc) is 2.30. The summed E-state index contributed by atoms with van der Waals surface area (Å²) in [6.45, 7) is 9.42. The van der Waals surface area contributed by atoms with Crippen LogP contribution in [0.2, 0.25) is 0 Å². The molecule has 4 heteroatoms. The molecular formula is C13H27N3O. The average molecular weight is 241 g/mol. The zero-order chi connectivity index (χ0) is 12.8. The molecule has 1 aliphatic heterocycles. The molecule has 1 saturated heterocycles. The molecule has 4 nitrogen and oxygen atoms in total. The summed E-state index contributed by atoms with van der Waals surface area (Å²) in [5.74, 6) is 0.460. The van der Waals surface area contributed by atoms with Gasteiger partial charge in [-0.25, -0.2) is 0 Å². The third-order valence-electron chi connectivity index (χ3n) is 3.88. The lowest BCUT2D eigenvalue weighted by atomic mass is 9.90. The molecule has 0 radical (unpaired) electrons. The summed E-state index contributed by atoms with van der Waals surface area (Å²) >= 11 is 0. The molecule has 17 heavy (non-hydrogen) atoms. The van der Waals surface area contributed by atoms with Crippen LogP contribution in [0.1, 0.15) is 40.0 Å². The van der Waals surface area contributed by atoms with Crippen LogP contribution in [0.5, 0.6) is 0 Å². The summed E-state index contributed by atoms with van der Waals surface area (Å²) in [5, 5.41) is 3.48. The fourth-order valence-corrected chi connectivity index (χ4v) is 2.86. The zero-order valence-corrected chi connectivity index (χ0v) is 11.4. The van der Waals surface area contributed by atoms with Crippen LogP contribution in [0.25, 0.3) is 0 Å². The molecule has 1 rings (SSSR count). The molecule has 100 valence electrons. The van der Waals surface area contributed by atoms with Gasteiger partial charge in [0.25, 0.3) is 0 Å². The van der Waals surface area contributed by atoms with Gasteiger partial charge in [0.1, 0.15) is 0 Å². The molecule has 3 N–H and O–H groups in total. The molecule has 0 spiro atoms. The van der Waals surface area contributed by atoms with Crippen molar-refractivity contribution in [3.8, 4) is 0 Å². The minimum Gasteiger partial charge on any atom is -0.368 e. The highest BCUT2D eigenvalue weighted by molar-refractivity contribution is 5.79. The predicted molar refractivity (Wildman–Crippen MR) is 70.7 cm³/mol. The van der Waals surface area contributed by atoms with E-state index < -0.39 is 0 Å². The van der Waals surface area contributed by atoms with Crippen molar-refractivity contribution in [1.29, 1.82) is 0 Å². The van der Waals surface area contributed by atoms with Gasteiger partial charge < -0.3 is 11.1 Å². The first-order valence-corrected chi connectivity index (χ1v) is 6.86. The van der Waals surface area contributed by atoms with E-state index in [1.807, 2.05) is 6.92 Å². The number of nitrogens with zero attached hydrogens (tertiary/aromatic N) is 1. The van der Waals surface area contributed by atoms with Crippen molar-refractivity contribution in [1.82, 2.24) is 10.2 Å². The smallest absolute Gasteiger partial charge is 0.234 e. The van der Waals surface area contributed by atoms with Crippen molar-refractivity contribution in [2.75, 3.05) is 19.6 Å². The third kappa shape index (κ3) is 3.96. The zero-order valence-electron chi connectivity index (χ0n) is 11.4. The van der Waals surface area contributed by atoms with E-state index in [9.17, 15) is 4.79 Å². The monoisotopic (exact) mass is 241 g/mol. The van der Waals surface area contributed by atoms with E-state index in [1.165, 1.54) is 12.8 Å². The Balaban J connectivity index is 2.56. The molecule has 0 aromatic heterocycles. The van der Waals surface area contributed by atoms with E-state index in [4.69, 9.17) is 5.73 Å². The van der Waals surface area contributed by atoms with Gasteiger partial charge in [-0.2, -0.15) is 0 Å². The van der Waals surface area contributed by atoms with E-state index >= 15 is 0 Å². The largest absolute Gasteiger partial charge is 0.368 e. The van der Waals surface area contributed by atoms with E-state index in [2.05, 4.69) is 24.1 Å². The van der Waals surface area contributed by atoms with Crippen LogP contribution in [0.3, 0.4) is 0 Å². The van der Waals surface area contributed by atoms with E-state index in [-0.39, 0.29) is 11.9 Å². The van der Waals surface area contributed by atoms with Gasteiger partial charge in [-0.15, -0.1) is 0 Å². The van der Waals surface area contributed by atoms with Crippen LogP contribution in [-0.2, 0) is 4.79 Å². The van der Waals surface area contributed by atoms with Gasteiger partial charge in [-0.05, 0) is 45.2 Å². The number of piperidine rings is 1. The van der Waals surface area contributed by atoms with Crippen molar-refractivity contribution in [3.63, 3.8) is 0 Å². The molecule has 1 heterocycles. The quantitative estimate of drug-likeness (QED) is 0.728. The molecule has 1 amide bonds. The van der Waals surface area contributed by atoms with Crippen molar-refractivity contribution in [2.45, 2.75) is 52.1 Å². The fraction of sp³-hybridized carbons (Fsp3) is 0.923. The topological polar surface area (TPSA) is 58.4 Å². The molecule has 1 fully saturated rings. The number of hydrogen-bond donors (Lipinski definition) is 2.